The average molecular weight is 589 g/mol. The summed E-state index contributed by atoms with van der Waals surface area (Å²) in [4.78, 5) is 22.5. The lowest BCUT2D eigenvalue weighted by Crippen LogP contribution is -2.51. The fraction of sp³-hybridized carbons (Fsp3) is 0.138. The molecule has 0 unspecified atom stereocenters. The molecular formula is C29H21ClN4O4S2. The van der Waals surface area contributed by atoms with Crippen LogP contribution in [0.3, 0.4) is 0 Å². The number of fused-ring (bicyclic) bond motifs is 1. The summed E-state index contributed by atoms with van der Waals surface area (Å²) >= 11 is 7.37. The second kappa shape index (κ2) is 10.1. The molecule has 0 amide bonds. The van der Waals surface area contributed by atoms with Crippen LogP contribution in [-0.4, -0.2) is 43.5 Å². The first-order chi connectivity index (χ1) is 19.3. The number of anilines is 1. The van der Waals surface area contributed by atoms with Gasteiger partial charge in [-0.15, -0.1) is 0 Å². The Bertz CT molecular complexity index is 1920. The first kappa shape index (κ1) is 26.1. The monoisotopic (exact) mass is 588 g/mol. The first-order valence-electron chi connectivity index (χ1n) is 12.2. The molecule has 0 aliphatic carbocycles. The van der Waals surface area contributed by atoms with E-state index in [4.69, 9.17) is 27.9 Å². The van der Waals surface area contributed by atoms with Crippen molar-refractivity contribution >= 4 is 60.7 Å². The van der Waals surface area contributed by atoms with Crippen molar-refractivity contribution in [3.05, 3.63) is 94.6 Å². The largest absolute Gasteiger partial charge is 0.469 e. The number of para-hydroxylation sites is 1. The molecule has 0 saturated carbocycles. The number of nitrogens with zero attached hydrogens (tertiary/aromatic N) is 4. The van der Waals surface area contributed by atoms with Crippen LogP contribution in [0.25, 0.3) is 38.3 Å². The minimum Gasteiger partial charge on any atom is -0.469 e. The summed E-state index contributed by atoms with van der Waals surface area (Å²) in [6.07, 6.45) is 0. The highest BCUT2D eigenvalue weighted by molar-refractivity contribution is 7.90. The van der Waals surface area contributed by atoms with E-state index in [2.05, 4.69) is 4.85 Å². The SMILES string of the molecule is [C-]#[N+]c1sccc1-c1c(-c2cccc(N3CC(C(=O)OC)C3)n2)n(S(=O)(=O)c2ccc(Cl)cc2)c2ccccc12. The van der Waals surface area contributed by atoms with E-state index in [1.54, 1.807) is 18.2 Å². The Morgan fingerprint density at radius 3 is 2.55 bits per heavy atom. The molecule has 5 aromatic rings. The predicted molar refractivity (Wildman–Crippen MR) is 156 cm³/mol. The Balaban J connectivity index is 1.62. The van der Waals surface area contributed by atoms with Crippen LogP contribution in [0.2, 0.25) is 5.02 Å². The van der Waals surface area contributed by atoms with Crippen molar-refractivity contribution in [1.82, 2.24) is 8.96 Å². The van der Waals surface area contributed by atoms with E-state index in [0.29, 0.717) is 62.3 Å². The molecule has 0 spiro atoms. The summed E-state index contributed by atoms with van der Waals surface area (Å²) < 4.78 is 34.8. The van der Waals surface area contributed by atoms with Gasteiger partial charge in [-0.05, 0) is 47.8 Å². The Morgan fingerprint density at radius 1 is 1.07 bits per heavy atom. The van der Waals surface area contributed by atoms with E-state index in [1.165, 1.54) is 46.7 Å². The maximum absolute atomic E-state index is 14.3. The normalized spacial score (nSPS) is 13.7. The van der Waals surface area contributed by atoms with Gasteiger partial charge in [0.1, 0.15) is 5.82 Å². The van der Waals surface area contributed by atoms with Gasteiger partial charge in [-0.3, -0.25) is 4.79 Å². The molecule has 1 saturated heterocycles. The first-order valence-corrected chi connectivity index (χ1v) is 14.9. The molecule has 0 N–H and O–H groups in total. The van der Waals surface area contributed by atoms with Crippen LogP contribution in [0.1, 0.15) is 0 Å². The third kappa shape index (κ3) is 4.23. The molecule has 2 aromatic carbocycles. The summed E-state index contributed by atoms with van der Waals surface area (Å²) in [5.41, 5.74) is 2.49. The zero-order valence-corrected chi connectivity index (χ0v) is 23.5. The number of esters is 1. The number of halogens is 1. The van der Waals surface area contributed by atoms with Gasteiger partial charge in [0.15, 0.2) is 0 Å². The zero-order valence-electron chi connectivity index (χ0n) is 21.1. The number of rotatable bonds is 6. The molecule has 8 nitrogen and oxygen atoms in total. The molecule has 4 heterocycles. The Labute approximate surface area is 239 Å². The van der Waals surface area contributed by atoms with Gasteiger partial charge in [0.2, 0.25) is 5.00 Å². The van der Waals surface area contributed by atoms with Crippen molar-refractivity contribution in [3.8, 4) is 22.5 Å². The minimum absolute atomic E-state index is 0.0704. The number of methoxy groups -OCH3 is 1. The van der Waals surface area contributed by atoms with Crippen molar-refractivity contribution in [3.63, 3.8) is 0 Å². The highest BCUT2D eigenvalue weighted by Gasteiger charge is 2.35. The van der Waals surface area contributed by atoms with E-state index >= 15 is 0 Å². The number of pyridine rings is 1. The van der Waals surface area contributed by atoms with Crippen molar-refractivity contribution in [2.24, 2.45) is 5.92 Å². The molecular weight excluding hydrogens is 568 g/mol. The van der Waals surface area contributed by atoms with E-state index < -0.39 is 10.0 Å². The number of thiophene rings is 1. The summed E-state index contributed by atoms with van der Waals surface area (Å²) in [6.45, 7) is 8.65. The van der Waals surface area contributed by atoms with Crippen LogP contribution in [0.4, 0.5) is 10.8 Å². The molecule has 1 aliphatic rings. The molecule has 1 fully saturated rings. The predicted octanol–water partition coefficient (Wildman–Crippen LogP) is 6.48. The van der Waals surface area contributed by atoms with Crippen LogP contribution in [0.5, 0.6) is 0 Å². The van der Waals surface area contributed by atoms with Gasteiger partial charge in [0.25, 0.3) is 10.0 Å². The molecule has 200 valence electrons. The van der Waals surface area contributed by atoms with Gasteiger partial charge in [-0.1, -0.05) is 41.9 Å². The van der Waals surface area contributed by atoms with Gasteiger partial charge in [-0.2, -0.15) is 11.3 Å². The van der Waals surface area contributed by atoms with Gasteiger partial charge < -0.3 is 9.64 Å². The van der Waals surface area contributed by atoms with Gasteiger partial charge in [0.05, 0.1) is 41.4 Å². The molecule has 11 heteroatoms. The molecule has 0 bridgehead atoms. The summed E-state index contributed by atoms with van der Waals surface area (Å²) in [5.74, 6) is 0.0998. The maximum Gasteiger partial charge on any atom is 0.312 e. The van der Waals surface area contributed by atoms with Gasteiger partial charge in [0, 0.05) is 34.6 Å². The zero-order chi connectivity index (χ0) is 28.0. The maximum atomic E-state index is 14.3. The van der Waals surface area contributed by atoms with Crippen molar-refractivity contribution in [2.75, 3.05) is 25.1 Å². The topological polar surface area (TPSA) is 85.9 Å². The van der Waals surface area contributed by atoms with Gasteiger partial charge >= 0.3 is 5.97 Å². The Hall–Kier alpha value is -4.17. The second-order valence-electron chi connectivity index (χ2n) is 9.22. The number of aromatic nitrogens is 2. The lowest BCUT2D eigenvalue weighted by Gasteiger charge is -2.38. The quantitative estimate of drug-likeness (QED) is 0.167. The molecule has 6 rings (SSSR count). The van der Waals surface area contributed by atoms with Gasteiger partial charge in [-0.25, -0.2) is 22.2 Å². The lowest BCUT2D eigenvalue weighted by molar-refractivity contribution is -0.146. The molecule has 0 radical (unpaired) electrons. The van der Waals surface area contributed by atoms with E-state index in [1.807, 2.05) is 40.6 Å². The number of carbonyl (C=O) groups is 1. The third-order valence-electron chi connectivity index (χ3n) is 6.92. The summed E-state index contributed by atoms with van der Waals surface area (Å²) in [7, 11) is -2.76. The highest BCUT2D eigenvalue weighted by atomic mass is 35.5. The second-order valence-corrected chi connectivity index (χ2v) is 12.3. The van der Waals surface area contributed by atoms with Crippen molar-refractivity contribution < 1.29 is 17.9 Å². The number of hydrogen-bond donors (Lipinski definition) is 0. The third-order valence-corrected chi connectivity index (χ3v) is 9.70. The highest BCUT2D eigenvalue weighted by Crippen LogP contribution is 2.47. The van der Waals surface area contributed by atoms with Crippen LogP contribution >= 0.6 is 22.9 Å². The van der Waals surface area contributed by atoms with Crippen LogP contribution in [0.15, 0.2) is 83.1 Å². The Kier molecular flexibility index (Phi) is 6.58. The van der Waals surface area contributed by atoms with E-state index in [9.17, 15) is 13.2 Å². The molecule has 40 heavy (non-hydrogen) atoms. The van der Waals surface area contributed by atoms with Crippen LogP contribution < -0.4 is 4.90 Å². The lowest BCUT2D eigenvalue weighted by atomic mass is 10.00. The number of carbonyl (C=O) groups excluding carboxylic acids is 1. The number of hydrogen-bond acceptors (Lipinski definition) is 7. The smallest absolute Gasteiger partial charge is 0.312 e. The number of ether oxygens (including phenoxy) is 1. The molecule has 0 atom stereocenters. The fourth-order valence-electron chi connectivity index (χ4n) is 4.97. The average Bonchev–Trinajstić information content (AvgIpc) is 3.55. The number of benzene rings is 2. The van der Waals surface area contributed by atoms with Crippen molar-refractivity contribution in [1.29, 1.82) is 0 Å². The standard InChI is InChI=1S/C29H21ClN4O4S2/c1-31-28-22(14-15-39-28)26-21-6-3-4-8-24(21)34(40(36,37)20-12-10-19(30)11-13-20)27(26)23-7-5-9-25(32-23)33-16-18(17-33)29(35)38-2/h3-15,18H,16-17H2,2H3. The summed E-state index contributed by atoms with van der Waals surface area (Å²) in [5, 5.41) is 3.38. The van der Waals surface area contributed by atoms with E-state index in [-0.39, 0.29) is 16.8 Å². The molecule has 1 aliphatic heterocycles. The summed E-state index contributed by atoms with van der Waals surface area (Å²) in [6, 6.07) is 20.5. The van der Waals surface area contributed by atoms with Crippen LogP contribution in [0, 0.1) is 12.5 Å². The fourth-order valence-corrected chi connectivity index (χ4v) is 7.31. The van der Waals surface area contributed by atoms with E-state index in [0.717, 1.165) is 0 Å². The molecule has 3 aromatic heterocycles. The van der Waals surface area contributed by atoms with Crippen molar-refractivity contribution in [2.45, 2.75) is 4.90 Å². The Morgan fingerprint density at radius 2 is 1.82 bits per heavy atom. The minimum atomic E-state index is -4.13. The van der Waals surface area contributed by atoms with Crippen LogP contribution in [-0.2, 0) is 19.6 Å².